The molecule has 0 aliphatic heterocycles. The topological polar surface area (TPSA) is 134 Å². The lowest BCUT2D eigenvalue weighted by Gasteiger charge is -2.17. The number of nitrogen functional groups attached to an aromatic ring is 1. The summed E-state index contributed by atoms with van der Waals surface area (Å²) in [6.45, 7) is 9.16. The van der Waals surface area contributed by atoms with E-state index < -0.39 is 5.79 Å². The van der Waals surface area contributed by atoms with E-state index in [0.717, 1.165) is 54.0 Å². The second-order valence-corrected chi connectivity index (χ2v) is 9.18. The number of nitrogens with two attached hydrogens (primary N) is 1. The van der Waals surface area contributed by atoms with E-state index in [4.69, 9.17) is 25.8 Å². The molecule has 2 fully saturated rings. The number of aliphatic hydroxyl groups excluding tert-OH is 1. The molecule has 2 atom stereocenters. The van der Waals surface area contributed by atoms with Gasteiger partial charge in [-0.15, -0.1) is 0 Å². The highest BCUT2D eigenvalue weighted by Gasteiger charge is 2.27. The zero-order valence-electron chi connectivity index (χ0n) is 19.7. The first kappa shape index (κ1) is 27.9. The number of ether oxygens (including phenoxy) is 1. The van der Waals surface area contributed by atoms with Crippen molar-refractivity contribution in [3.63, 3.8) is 0 Å². The van der Waals surface area contributed by atoms with Crippen LogP contribution in [0.25, 0.3) is 0 Å². The SMILES string of the molecule is CC.CC(C)(O)O.CCc1nc(SCC2CC2)nc(NC2CCC(OCCO)C2)c1N. The molecule has 31 heavy (non-hydrogen) atoms. The molecule has 0 spiro atoms. The van der Waals surface area contributed by atoms with Crippen molar-refractivity contribution in [1.82, 2.24) is 9.97 Å². The van der Waals surface area contributed by atoms with Gasteiger partial charge in [0.25, 0.3) is 0 Å². The number of aromatic nitrogens is 2. The number of rotatable bonds is 9. The van der Waals surface area contributed by atoms with Crippen molar-refractivity contribution in [2.24, 2.45) is 5.92 Å². The van der Waals surface area contributed by atoms with Gasteiger partial charge in [-0.1, -0.05) is 32.5 Å². The summed E-state index contributed by atoms with van der Waals surface area (Å²) in [5.74, 6) is 1.22. The third-order valence-electron chi connectivity index (χ3n) is 4.65. The van der Waals surface area contributed by atoms with Crippen LogP contribution < -0.4 is 11.1 Å². The highest BCUT2D eigenvalue weighted by Crippen LogP contribution is 2.35. The van der Waals surface area contributed by atoms with Gasteiger partial charge in [0.15, 0.2) is 16.8 Å². The molecule has 180 valence electrons. The van der Waals surface area contributed by atoms with Crippen LogP contribution in [0.1, 0.15) is 72.4 Å². The summed E-state index contributed by atoms with van der Waals surface area (Å²) in [6, 6.07) is 0.317. The van der Waals surface area contributed by atoms with Gasteiger partial charge in [0, 0.05) is 11.8 Å². The molecule has 0 aromatic carbocycles. The zero-order valence-corrected chi connectivity index (χ0v) is 20.5. The maximum Gasteiger partial charge on any atom is 0.189 e. The average molecular weight is 459 g/mol. The van der Waals surface area contributed by atoms with Gasteiger partial charge in [-0.05, 0) is 58.3 Å². The third kappa shape index (κ3) is 11.9. The number of hydrogen-bond donors (Lipinski definition) is 5. The Morgan fingerprint density at radius 2 is 1.81 bits per heavy atom. The van der Waals surface area contributed by atoms with Crippen LogP contribution in [0.3, 0.4) is 0 Å². The first-order valence-electron chi connectivity index (χ1n) is 11.4. The molecule has 8 nitrogen and oxygen atoms in total. The molecule has 0 saturated heterocycles. The summed E-state index contributed by atoms with van der Waals surface area (Å²) in [5, 5.41) is 29.4. The molecule has 6 N–H and O–H groups in total. The second-order valence-electron chi connectivity index (χ2n) is 8.19. The van der Waals surface area contributed by atoms with Gasteiger partial charge in [0.1, 0.15) is 0 Å². The van der Waals surface area contributed by atoms with Crippen LogP contribution in [0.5, 0.6) is 0 Å². The molecular weight excluding hydrogens is 416 g/mol. The molecule has 2 aliphatic carbocycles. The highest BCUT2D eigenvalue weighted by atomic mass is 32.2. The molecule has 0 bridgehead atoms. The molecule has 1 aromatic rings. The molecule has 1 aromatic heterocycles. The fourth-order valence-electron chi connectivity index (χ4n) is 3.05. The summed E-state index contributed by atoms with van der Waals surface area (Å²) >= 11 is 1.74. The Morgan fingerprint density at radius 3 is 2.35 bits per heavy atom. The lowest BCUT2D eigenvalue weighted by Crippen LogP contribution is -2.21. The Kier molecular flexibility index (Phi) is 12.7. The Balaban J connectivity index is 0.000000605. The van der Waals surface area contributed by atoms with Crippen LogP contribution in [-0.2, 0) is 11.2 Å². The number of aryl methyl sites for hydroxylation is 1. The first-order valence-corrected chi connectivity index (χ1v) is 12.4. The van der Waals surface area contributed by atoms with Crippen molar-refractivity contribution in [3.8, 4) is 0 Å². The molecular formula is C22H42N4O4S. The van der Waals surface area contributed by atoms with E-state index >= 15 is 0 Å². The predicted molar refractivity (Wildman–Crippen MR) is 127 cm³/mol. The van der Waals surface area contributed by atoms with Gasteiger partial charge in [-0.2, -0.15) is 0 Å². The van der Waals surface area contributed by atoms with Crippen molar-refractivity contribution in [2.75, 3.05) is 30.0 Å². The number of anilines is 2. The second kappa shape index (κ2) is 14.1. The molecule has 3 rings (SSSR count). The van der Waals surface area contributed by atoms with Crippen LogP contribution >= 0.6 is 11.8 Å². The van der Waals surface area contributed by atoms with Crippen LogP contribution in [0.15, 0.2) is 5.16 Å². The summed E-state index contributed by atoms with van der Waals surface area (Å²) in [4.78, 5) is 9.28. The van der Waals surface area contributed by atoms with E-state index in [-0.39, 0.29) is 12.7 Å². The largest absolute Gasteiger partial charge is 0.394 e. The van der Waals surface area contributed by atoms with Gasteiger partial charge < -0.3 is 31.1 Å². The van der Waals surface area contributed by atoms with Gasteiger partial charge in [-0.3, -0.25) is 0 Å². The fourth-order valence-corrected chi connectivity index (χ4v) is 4.10. The minimum absolute atomic E-state index is 0.0783. The van der Waals surface area contributed by atoms with E-state index in [1.807, 2.05) is 13.8 Å². The average Bonchev–Trinajstić information content (AvgIpc) is 3.45. The minimum Gasteiger partial charge on any atom is -0.394 e. The molecule has 9 heteroatoms. The van der Waals surface area contributed by atoms with E-state index in [1.165, 1.54) is 26.7 Å². The van der Waals surface area contributed by atoms with Crippen LogP contribution in [-0.4, -0.2) is 62.2 Å². The van der Waals surface area contributed by atoms with E-state index in [2.05, 4.69) is 22.2 Å². The van der Waals surface area contributed by atoms with Gasteiger partial charge >= 0.3 is 0 Å². The first-order chi connectivity index (χ1) is 14.7. The van der Waals surface area contributed by atoms with Crippen molar-refractivity contribution in [3.05, 3.63) is 5.69 Å². The van der Waals surface area contributed by atoms with Crippen LogP contribution in [0, 0.1) is 5.92 Å². The fraction of sp³-hybridized carbons (Fsp3) is 0.818. The summed E-state index contributed by atoms with van der Waals surface area (Å²) in [6.07, 6.45) is 6.67. The van der Waals surface area contributed by atoms with E-state index in [0.29, 0.717) is 18.3 Å². The van der Waals surface area contributed by atoms with E-state index in [1.54, 1.807) is 11.8 Å². The van der Waals surface area contributed by atoms with Crippen LogP contribution in [0.2, 0.25) is 0 Å². The number of aliphatic hydroxyl groups is 3. The van der Waals surface area contributed by atoms with Gasteiger partial charge in [0.05, 0.1) is 30.7 Å². The quantitative estimate of drug-likeness (QED) is 0.215. The summed E-state index contributed by atoms with van der Waals surface area (Å²) < 4.78 is 5.63. The molecule has 1 heterocycles. The summed E-state index contributed by atoms with van der Waals surface area (Å²) in [5.41, 5.74) is 7.86. The Morgan fingerprint density at radius 1 is 1.16 bits per heavy atom. The molecule has 2 aliphatic rings. The lowest BCUT2D eigenvalue weighted by molar-refractivity contribution is -0.127. The Bertz CT molecular complexity index is 633. The standard InChI is InChI=1S/C17H28N4O2S.C3H8O2.C2H6/c1-2-14-15(18)16(21-17(20-14)24-10-11-3-4-11)19-12-5-6-13(9-12)23-8-7-22;1-3(2,4)5;1-2/h11-13,22H,2-10,18H2,1H3,(H,19,20,21);4-5H,1-2H3;1-2H3. The van der Waals surface area contributed by atoms with Crippen LogP contribution in [0.4, 0.5) is 11.5 Å². The van der Waals surface area contributed by atoms with Crippen molar-refractivity contribution >= 4 is 23.3 Å². The third-order valence-corrected chi connectivity index (χ3v) is 5.73. The maximum absolute atomic E-state index is 8.87. The molecule has 0 radical (unpaired) electrons. The predicted octanol–water partition coefficient (Wildman–Crippen LogP) is 3.20. The number of nitrogens with one attached hydrogen (secondary N) is 1. The molecule has 0 amide bonds. The Hall–Kier alpha value is -1.13. The number of hydrogen-bond acceptors (Lipinski definition) is 9. The summed E-state index contributed by atoms with van der Waals surface area (Å²) in [7, 11) is 0. The maximum atomic E-state index is 8.87. The Labute approximate surface area is 191 Å². The van der Waals surface area contributed by atoms with Crippen molar-refractivity contribution < 1.29 is 20.1 Å². The normalized spacial score (nSPS) is 20.4. The van der Waals surface area contributed by atoms with Crippen molar-refractivity contribution in [1.29, 1.82) is 0 Å². The smallest absolute Gasteiger partial charge is 0.189 e. The van der Waals surface area contributed by atoms with Gasteiger partial charge in [-0.25, -0.2) is 9.97 Å². The van der Waals surface area contributed by atoms with E-state index in [9.17, 15) is 0 Å². The highest BCUT2D eigenvalue weighted by molar-refractivity contribution is 7.99. The lowest BCUT2D eigenvalue weighted by atomic mass is 10.2. The van der Waals surface area contributed by atoms with Crippen molar-refractivity contribution in [2.45, 2.75) is 96.2 Å². The number of nitrogens with zero attached hydrogens (tertiary/aromatic N) is 2. The molecule has 2 unspecified atom stereocenters. The minimum atomic E-state index is -1.50. The number of thioether (sulfide) groups is 1. The van der Waals surface area contributed by atoms with Gasteiger partial charge in [0.2, 0.25) is 0 Å². The monoisotopic (exact) mass is 458 g/mol. The zero-order chi connectivity index (χ0) is 23.4. The molecule has 2 saturated carbocycles.